The molecule has 86 valence electrons. The summed E-state index contributed by atoms with van der Waals surface area (Å²) in [5.74, 6) is 0.515. The number of aliphatic hydroxyl groups excluding tert-OH is 1. The first-order valence-corrected chi connectivity index (χ1v) is 5.50. The molecular formula is C13H23NO. The SMILES string of the molecule is C=CC(=CC(C=C)NCCO)C(C)CC. The summed E-state index contributed by atoms with van der Waals surface area (Å²) < 4.78 is 0. The van der Waals surface area contributed by atoms with E-state index in [2.05, 4.69) is 38.4 Å². The Labute approximate surface area is 93.4 Å². The van der Waals surface area contributed by atoms with Crippen LogP contribution >= 0.6 is 0 Å². The quantitative estimate of drug-likeness (QED) is 0.475. The zero-order valence-corrected chi connectivity index (χ0v) is 9.87. The monoisotopic (exact) mass is 209 g/mol. The molecule has 0 rings (SSSR count). The van der Waals surface area contributed by atoms with Crippen LogP contribution in [-0.2, 0) is 0 Å². The van der Waals surface area contributed by atoms with Crippen LogP contribution in [0.15, 0.2) is 37.0 Å². The smallest absolute Gasteiger partial charge is 0.0556 e. The molecule has 0 spiro atoms. The Morgan fingerprint density at radius 1 is 1.47 bits per heavy atom. The molecule has 0 radical (unpaired) electrons. The van der Waals surface area contributed by atoms with Crippen molar-refractivity contribution in [2.45, 2.75) is 26.3 Å². The van der Waals surface area contributed by atoms with Crippen LogP contribution in [0.2, 0.25) is 0 Å². The van der Waals surface area contributed by atoms with E-state index in [0.717, 1.165) is 6.42 Å². The lowest BCUT2D eigenvalue weighted by atomic mass is 9.96. The minimum absolute atomic E-state index is 0.110. The van der Waals surface area contributed by atoms with Gasteiger partial charge in [-0.25, -0.2) is 0 Å². The molecule has 0 aromatic heterocycles. The van der Waals surface area contributed by atoms with Crippen molar-refractivity contribution in [3.63, 3.8) is 0 Å². The van der Waals surface area contributed by atoms with Gasteiger partial charge in [0.2, 0.25) is 0 Å². The van der Waals surface area contributed by atoms with Crippen molar-refractivity contribution in [3.8, 4) is 0 Å². The summed E-state index contributed by atoms with van der Waals surface area (Å²) in [6, 6.07) is 0.110. The van der Waals surface area contributed by atoms with Crippen LogP contribution in [0.1, 0.15) is 20.3 Å². The third kappa shape index (κ3) is 5.55. The van der Waals surface area contributed by atoms with E-state index in [0.29, 0.717) is 12.5 Å². The van der Waals surface area contributed by atoms with Gasteiger partial charge in [0.1, 0.15) is 0 Å². The fourth-order valence-electron chi connectivity index (χ4n) is 1.32. The summed E-state index contributed by atoms with van der Waals surface area (Å²) in [4.78, 5) is 0. The van der Waals surface area contributed by atoms with E-state index in [4.69, 9.17) is 5.11 Å². The Bertz CT molecular complexity index is 221. The Balaban J connectivity index is 4.47. The highest BCUT2D eigenvalue weighted by atomic mass is 16.3. The maximum atomic E-state index is 8.72. The minimum Gasteiger partial charge on any atom is -0.395 e. The number of allylic oxidation sites excluding steroid dienone is 2. The lowest BCUT2D eigenvalue weighted by Gasteiger charge is -2.15. The summed E-state index contributed by atoms with van der Waals surface area (Å²) in [7, 11) is 0. The van der Waals surface area contributed by atoms with Crippen LogP contribution < -0.4 is 5.32 Å². The van der Waals surface area contributed by atoms with Gasteiger partial charge in [-0.1, -0.05) is 38.7 Å². The molecule has 0 heterocycles. The minimum atomic E-state index is 0.110. The molecule has 0 fully saturated rings. The van der Waals surface area contributed by atoms with Gasteiger partial charge in [-0.3, -0.25) is 0 Å². The molecule has 2 atom stereocenters. The summed E-state index contributed by atoms with van der Waals surface area (Å²) in [5, 5.41) is 11.9. The Hall–Kier alpha value is -0.860. The number of aliphatic hydroxyl groups is 1. The average Bonchev–Trinajstić information content (AvgIpc) is 2.28. The van der Waals surface area contributed by atoms with Crippen LogP contribution in [0.5, 0.6) is 0 Å². The summed E-state index contributed by atoms with van der Waals surface area (Å²) in [6.07, 6.45) is 6.94. The van der Waals surface area contributed by atoms with Gasteiger partial charge >= 0.3 is 0 Å². The van der Waals surface area contributed by atoms with E-state index in [1.54, 1.807) is 0 Å². The molecule has 0 bridgehead atoms. The van der Waals surface area contributed by atoms with Crippen LogP contribution in [0.4, 0.5) is 0 Å². The van der Waals surface area contributed by atoms with Gasteiger partial charge in [-0.2, -0.15) is 0 Å². The molecule has 2 nitrogen and oxygen atoms in total. The molecule has 0 saturated heterocycles. The first kappa shape index (κ1) is 14.1. The van der Waals surface area contributed by atoms with Crippen LogP contribution in [-0.4, -0.2) is 24.3 Å². The molecular weight excluding hydrogens is 186 g/mol. The van der Waals surface area contributed by atoms with Crippen molar-refractivity contribution in [1.82, 2.24) is 5.32 Å². The molecule has 0 aliphatic heterocycles. The normalized spacial score (nSPS) is 15.8. The number of nitrogens with one attached hydrogen (secondary N) is 1. The molecule has 2 unspecified atom stereocenters. The summed E-state index contributed by atoms with van der Waals surface area (Å²) in [6.45, 7) is 12.6. The molecule has 0 amide bonds. The molecule has 0 saturated carbocycles. The highest BCUT2D eigenvalue weighted by molar-refractivity contribution is 5.23. The topological polar surface area (TPSA) is 32.3 Å². The summed E-state index contributed by atoms with van der Waals surface area (Å²) in [5.41, 5.74) is 1.23. The number of hydrogen-bond donors (Lipinski definition) is 2. The van der Waals surface area contributed by atoms with Crippen LogP contribution in [0, 0.1) is 5.92 Å². The van der Waals surface area contributed by atoms with E-state index in [9.17, 15) is 0 Å². The third-order valence-electron chi connectivity index (χ3n) is 2.53. The highest BCUT2D eigenvalue weighted by Crippen LogP contribution is 2.15. The van der Waals surface area contributed by atoms with Crippen molar-refractivity contribution in [1.29, 1.82) is 0 Å². The van der Waals surface area contributed by atoms with Crippen LogP contribution in [0.25, 0.3) is 0 Å². The number of hydrogen-bond acceptors (Lipinski definition) is 2. The molecule has 15 heavy (non-hydrogen) atoms. The summed E-state index contributed by atoms with van der Waals surface area (Å²) >= 11 is 0. The van der Waals surface area contributed by atoms with E-state index < -0.39 is 0 Å². The average molecular weight is 209 g/mol. The first-order chi connectivity index (χ1) is 7.19. The highest BCUT2D eigenvalue weighted by Gasteiger charge is 2.05. The Morgan fingerprint density at radius 3 is 2.53 bits per heavy atom. The van der Waals surface area contributed by atoms with E-state index in [1.807, 2.05) is 12.2 Å². The fraction of sp³-hybridized carbons (Fsp3) is 0.538. The maximum Gasteiger partial charge on any atom is 0.0556 e. The van der Waals surface area contributed by atoms with Crippen molar-refractivity contribution >= 4 is 0 Å². The third-order valence-corrected chi connectivity index (χ3v) is 2.53. The standard InChI is InChI=1S/C13H23NO/c1-5-11(4)12(6-2)10-13(7-3)14-8-9-15/h6-7,10-11,13-15H,2-3,5,8-9H2,1,4H3. The fourth-order valence-corrected chi connectivity index (χ4v) is 1.32. The van der Waals surface area contributed by atoms with Gasteiger partial charge in [0.05, 0.1) is 6.61 Å². The lowest BCUT2D eigenvalue weighted by Crippen LogP contribution is -2.28. The number of rotatable bonds is 8. The molecule has 2 N–H and O–H groups in total. The molecule has 0 aromatic carbocycles. The zero-order chi connectivity index (χ0) is 11.7. The van der Waals surface area contributed by atoms with Gasteiger partial charge in [-0.05, 0) is 17.9 Å². The largest absolute Gasteiger partial charge is 0.395 e. The second kappa shape index (κ2) is 8.45. The van der Waals surface area contributed by atoms with Gasteiger partial charge in [-0.15, -0.1) is 6.58 Å². The maximum absolute atomic E-state index is 8.72. The Kier molecular flexibility index (Phi) is 7.96. The Morgan fingerprint density at radius 2 is 2.13 bits per heavy atom. The van der Waals surface area contributed by atoms with Gasteiger partial charge < -0.3 is 10.4 Å². The second-order valence-electron chi connectivity index (χ2n) is 3.62. The van der Waals surface area contributed by atoms with Gasteiger partial charge in [0.25, 0.3) is 0 Å². The van der Waals surface area contributed by atoms with E-state index >= 15 is 0 Å². The van der Waals surface area contributed by atoms with E-state index in [1.165, 1.54) is 5.57 Å². The lowest BCUT2D eigenvalue weighted by molar-refractivity contribution is 0.291. The van der Waals surface area contributed by atoms with Crippen LogP contribution in [0.3, 0.4) is 0 Å². The van der Waals surface area contributed by atoms with Crippen molar-refractivity contribution in [2.24, 2.45) is 5.92 Å². The van der Waals surface area contributed by atoms with Crippen molar-refractivity contribution in [3.05, 3.63) is 37.0 Å². The first-order valence-electron chi connectivity index (χ1n) is 5.50. The predicted octanol–water partition coefficient (Wildman–Crippen LogP) is 2.28. The molecule has 0 aromatic rings. The van der Waals surface area contributed by atoms with Crippen molar-refractivity contribution < 1.29 is 5.11 Å². The van der Waals surface area contributed by atoms with Crippen molar-refractivity contribution in [2.75, 3.05) is 13.2 Å². The molecule has 0 aliphatic rings. The van der Waals surface area contributed by atoms with Gasteiger partial charge in [0.15, 0.2) is 0 Å². The zero-order valence-electron chi connectivity index (χ0n) is 9.87. The second-order valence-corrected chi connectivity index (χ2v) is 3.62. The molecule has 0 aliphatic carbocycles. The van der Waals surface area contributed by atoms with Gasteiger partial charge in [0, 0.05) is 12.6 Å². The predicted molar refractivity (Wildman–Crippen MR) is 66.8 cm³/mol. The van der Waals surface area contributed by atoms with E-state index in [-0.39, 0.29) is 12.6 Å². The molecule has 2 heteroatoms.